The summed E-state index contributed by atoms with van der Waals surface area (Å²) >= 11 is 0. The van der Waals surface area contributed by atoms with Crippen molar-refractivity contribution in [3.8, 4) is 0 Å². The van der Waals surface area contributed by atoms with Crippen LogP contribution in [0.3, 0.4) is 0 Å². The summed E-state index contributed by atoms with van der Waals surface area (Å²) in [5, 5.41) is 2.96. The van der Waals surface area contributed by atoms with Crippen molar-refractivity contribution in [3.05, 3.63) is 66.0 Å². The molecule has 1 amide bonds. The number of amides is 1. The molecule has 4 nitrogen and oxygen atoms in total. The Morgan fingerprint density at radius 1 is 1.14 bits per heavy atom. The molecule has 21 heavy (non-hydrogen) atoms. The third kappa shape index (κ3) is 2.94. The Morgan fingerprint density at radius 2 is 1.90 bits per heavy atom. The van der Waals surface area contributed by atoms with E-state index in [-0.39, 0.29) is 12.5 Å². The van der Waals surface area contributed by atoms with Crippen LogP contribution in [0.4, 0.5) is 0 Å². The highest BCUT2D eigenvalue weighted by Gasteiger charge is 2.07. The van der Waals surface area contributed by atoms with Gasteiger partial charge in [-0.05, 0) is 30.2 Å². The summed E-state index contributed by atoms with van der Waals surface area (Å²) in [7, 11) is 0. The first-order chi connectivity index (χ1) is 10.2. The quantitative estimate of drug-likeness (QED) is 0.798. The molecule has 0 aliphatic carbocycles. The highest BCUT2D eigenvalue weighted by atomic mass is 16.1. The molecule has 0 aliphatic heterocycles. The molecule has 0 unspecified atom stereocenters. The van der Waals surface area contributed by atoms with Crippen LogP contribution in [-0.2, 0) is 17.9 Å². The third-order valence-corrected chi connectivity index (χ3v) is 3.58. The summed E-state index contributed by atoms with van der Waals surface area (Å²) in [6.07, 6.45) is 1.71. The molecule has 106 valence electrons. The summed E-state index contributed by atoms with van der Waals surface area (Å²) in [6, 6.07) is 15.9. The van der Waals surface area contributed by atoms with Gasteiger partial charge >= 0.3 is 0 Å². The second-order valence-electron chi connectivity index (χ2n) is 5.06. The van der Waals surface area contributed by atoms with Crippen LogP contribution in [-0.4, -0.2) is 15.5 Å². The van der Waals surface area contributed by atoms with Gasteiger partial charge in [-0.1, -0.05) is 36.4 Å². The van der Waals surface area contributed by atoms with Crippen LogP contribution in [0.5, 0.6) is 0 Å². The van der Waals surface area contributed by atoms with Crippen molar-refractivity contribution in [1.29, 1.82) is 0 Å². The molecule has 1 aromatic heterocycles. The maximum absolute atomic E-state index is 12.1. The fraction of sp³-hybridized carbons (Fsp3) is 0.176. The second-order valence-corrected chi connectivity index (χ2v) is 5.06. The molecular weight excluding hydrogens is 262 g/mol. The number of aryl methyl sites for hydroxylation is 1. The van der Waals surface area contributed by atoms with Gasteiger partial charge in [-0.25, -0.2) is 4.98 Å². The summed E-state index contributed by atoms with van der Waals surface area (Å²) < 4.78 is 1.86. The molecule has 0 saturated carbocycles. The predicted octanol–water partition coefficient (Wildman–Crippen LogP) is 2.66. The number of aromatic nitrogens is 2. The molecule has 1 heterocycles. The Hall–Kier alpha value is -2.62. The number of carbonyl (C=O) groups excluding carboxylic acids is 1. The maximum atomic E-state index is 12.1. The van der Waals surface area contributed by atoms with Gasteiger partial charge < -0.3 is 9.88 Å². The number of rotatable bonds is 4. The topological polar surface area (TPSA) is 46.9 Å². The molecule has 4 heteroatoms. The lowest BCUT2D eigenvalue weighted by Crippen LogP contribution is -2.27. The fourth-order valence-corrected chi connectivity index (χ4v) is 2.35. The number of carbonyl (C=O) groups is 1. The minimum Gasteiger partial charge on any atom is -0.350 e. The van der Waals surface area contributed by atoms with Crippen molar-refractivity contribution in [1.82, 2.24) is 14.9 Å². The van der Waals surface area contributed by atoms with Crippen LogP contribution in [0.2, 0.25) is 0 Å². The molecular formula is C17H17N3O. The first-order valence-corrected chi connectivity index (χ1v) is 6.95. The van der Waals surface area contributed by atoms with Gasteiger partial charge in [0.15, 0.2) is 0 Å². The van der Waals surface area contributed by atoms with Crippen molar-refractivity contribution in [2.24, 2.45) is 0 Å². The summed E-state index contributed by atoms with van der Waals surface area (Å²) in [4.78, 5) is 16.4. The summed E-state index contributed by atoms with van der Waals surface area (Å²) in [5.74, 6) is -0.0126. The van der Waals surface area contributed by atoms with E-state index in [9.17, 15) is 4.79 Å². The molecule has 2 aromatic carbocycles. The SMILES string of the molecule is Cc1ccccc1CNC(=O)Cn1cnc2ccccc21. The van der Waals surface area contributed by atoms with Gasteiger partial charge in [-0.15, -0.1) is 0 Å². The average molecular weight is 279 g/mol. The molecule has 0 atom stereocenters. The monoisotopic (exact) mass is 279 g/mol. The number of para-hydroxylation sites is 2. The number of hydrogen-bond acceptors (Lipinski definition) is 2. The van der Waals surface area contributed by atoms with Crippen molar-refractivity contribution in [2.75, 3.05) is 0 Å². The number of benzene rings is 2. The van der Waals surface area contributed by atoms with Crippen molar-refractivity contribution in [3.63, 3.8) is 0 Å². The highest BCUT2D eigenvalue weighted by molar-refractivity contribution is 5.80. The van der Waals surface area contributed by atoms with Gasteiger partial charge in [0, 0.05) is 6.54 Å². The van der Waals surface area contributed by atoms with Gasteiger partial charge in [0.2, 0.25) is 5.91 Å². The van der Waals surface area contributed by atoms with E-state index >= 15 is 0 Å². The van der Waals surface area contributed by atoms with E-state index < -0.39 is 0 Å². The van der Waals surface area contributed by atoms with Crippen molar-refractivity contribution >= 4 is 16.9 Å². The molecule has 3 rings (SSSR count). The Kier molecular flexibility index (Phi) is 3.69. The molecule has 3 aromatic rings. The van der Waals surface area contributed by atoms with E-state index in [2.05, 4.69) is 10.3 Å². The Balaban J connectivity index is 1.66. The highest BCUT2D eigenvalue weighted by Crippen LogP contribution is 2.11. The number of fused-ring (bicyclic) bond motifs is 1. The zero-order valence-electron chi connectivity index (χ0n) is 11.9. The zero-order valence-corrected chi connectivity index (χ0v) is 11.9. The molecule has 0 saturated heterocycles. The summed E-state index contributed by atoms with van der Waals surface area (Å²) in [5.41, 5.74) is 4.21. The van der Waals surface area contributed by atoms with E-state index in [1.807, 2.05) is 60.0 Å². The van der Waals surface area contributed by atoms with E-state index in [0.29, 0.717) is 6.54 Å². The normalized spacial score (nSPS) is 10.7. The lowest BCUT2D eigenvalue weighted by molar-refractivity contribution is -0.121. The lowest BCUT2D eigenvalue weighted by atomic mass is 10.1. The van der Waals surface area contributed by atoms with E-state index in [1.54, 1.807) is 6.33 Å². The van der Waals surface area contributed by atoms with Crippen LogP contribution < -0.4 is 5.32 Å². The summed E-state index contributed by atoms with van der Waals surface area (Å²) in [6.45, 7) is 2.88. The third-order valence-electron chi connectivity index (χ3n) is 3.58. The smallest absolute Gasteiger partial charge is 0.240 e. The Bertz CT molecular complexity index is 776. The minimum atomic E-state index is -0.0126. The number of imidazole rings is 1. The number of nitrogens with one attached hydrogen (secondary N) is 1. The second kappa shape index (κ2) is 5.79. The van der Waals surface area contributed by atoms with Gasteiger partial charge in [0.05, 0.1) is 17.4 Å². The van der Waals surface area contributed by atoms with Gasteiger partial charge in [0.1, 0.15) is 6.54 Å². The van der Waals surface area contributed by atoms with Crippen LogP contribution >= 0.6 is 0 Å². The zero-order chi connectivity index (χ0) is 14.7. The fourth-order valence-electron chi connectivity index (χ4n) is 2.35. The van der Waals surface area contributed by atoms with Crippen molar-refractivity contribution in [2.45, 2.75) is 20.0 Å². The number of hydrogen-bond donors (Lipinski definition) is 1. The Labute approximate surface area is 123 Å². The minimum absolute atomic E-state index is 0.0126. The Morgan fingerprint density at radius 3 is 2.76 bits per heavy atom. The molecule has 0 spiro atoms. The van der Waals surface area contributed by atoms with Gasteiger partial charge in [-0.3, -0.25) is 4.79 Å². The molecule has 0 fully saturated rings. The van der Waals surface area contributed by atoms with Crippen LogP contribution in [0.25, 0.3) is 11.0 Å². The van der Waals surface area contributed by atoms with E-state index in [4.69, 9.17) is 0 Å². The predicted molar refractivity (Wildman–Crippen MR) is 82.8 cm³/mol. The van der Waals surface area contributed by atoms with E-state index in [1.165, 1.54) is 5.56 Å². The first-order valence-electron chi connectivity index (χ1n) is 6.95. The molecule has 0 aliphatic rings. The van der Waals surface area contributed by atoms with Gasteiger partial charge in [-0.2, -0.15) is 0 Å². The first kappa shape index (κ1) is 13.4. The van der Waals surface area contributed by atoms with Crippen molar-refractivity contribution < 1.29 is 4.79 Å². The van der Waals surface area contributed by atoms with Crippen LogP contribution in [0, 0.1) is 6.92 Å². The lowest BCUT2D eigenvalue weighted by Gasteiger charge is -2.08. The largest absolute Gasteiger partial charge is 0.350 e. The maximum Gasteiger partial charge on any atom is 0.240 e. The standard InChI is InChI=1S/C17H17N3O/c1-13-6-2-3-7-14(13)10-18-17(21)11-20-12-19-15-8-4-5-9-16(15)20/h2-9,12H,10-11H2,1H3,(H,18,21). The average Bonchev–Trinajstić information content (AvgIpc) is 2.90. The van der Waals surface area contributed by atoms with Gasteiger partial charge in [0.25, 0.3) is 0 Å². The molecule has 0 bridgehead atoms. The molecule has 1 N–H and O–H groups in total. The van der Waals surface area contributed by atoms with Crippen LogP contribution in [0.1, 0.15) is 11.1 Å². The number of nitrogens with zero attached hydrogens (tertiary/aromatic N) is 2. The van der Waals surface area contributed by atoms with E-state index in [0.717, 1.165) is 16.6 Å². The molecule has 0 radical (unpaired) electrons. The van der Waals surface area contributed by atoms with Crippen LogP contribution in [0.15, 0.2) is 54.9 Å².